The maximum absolute atomic E-state index is 11.7. The SMILES string of the molecule is O=C(CCc1ccc(Br)cc1)Nc1cccnn1. The Balaban J connectivity index is 1.83. The number of rotatable bonds is 4. The van der Waals surface area contributed by atoms with E-state index in [1.807, 2.05) is 24.3 Å². The number of nitrogens with one attached hydrogen (secondary N) is 1. The van der Waals surface area contributed by atoms with Crippen molar-refractivity contribution in [1.29, 1.82) is 0 Å². The van der Waals surface area contributed by atoms with E-state index in [4.69, 9.17) is 0 Å². The number of carbonyl (C=O) groups is 1. The molecule has 92 valence electrons. The van der Waals surface area contributed by atoms with Gasteiger partial charge in [-0.25, -0.2) is 0 Å². The number of carbonyl (C=O) groups excluding carboxylic acids is 1. The molecule has 0 atom stereocenters. The lowest BCUT2D eigenvalue weighted by atomic mass is 10.1. The van der Waals surface area contributed by atoms with Gasteiger partial charge in [-0.1, -0.05) is 28.1 Å². The Kier molecular flexibility index (Phi) is 4.41. The summed E-state index contributed by atoms with van der Waals surface area (Å²) in [7, 11) is 0. The molecular formula is C13H12BrN3O. The lowest BCUT2D eigenvalue weighted by Crippen LogP contribution is -2.13. The van der Waals surface area contributed by atoms with Crippen LogP contribution in [-0.2, 0) is 11.2 Å². The first-order chi connectivity index (χ1) is 8.74. The van der Waals surface area contributed by atoms with Crippen molar-refractivity contribution < 1.29 is 4.79 Å². The highest BCUT2D eigenvalue weighted by atomic mass is 79.9. The summed E-state index contributed by atoms with van der Waals surface area (Å²) in [5.41, 5.74) is 1.13. The molecule has 0 saturated heterocycles. The van der Waals surface area contributed by atoms with Crippen molar-refractivity contribution in [2.75, 3.05) is 5.32 Å². The van der Waals surface area contributed by atoms with Gasteiger partial charge < -0.3 is 5.32 Å². The lowest BCUT2D eigenvalue weighted by molar-refractivity contribution is -0.116. The molecule has 2 aromatic rings. The largest absolute Gasteiger partial charge is 0.309 e. The van der Waals surface area contributed by atoms with Crippen LogP contribution in [-0.4, -0.2) is 16.1 Å². The highest BCUT2D eigenvalue weighted by Gasteiger charge is 2.03. The Labute approximate surface area is 114 Å². The Morgan fingerprint density at radius 3 is 2.67 bits per heavy atom. The summed E-state index contributed by atoms with van der Waals surface area (Å²) < 4.78 is 1.04. The van der Waals surface area contributed by atoms with E-state index < -0.39 is 0 Å². The zero-order chi connectivity index (χ0) is 12.8. The number of halogens is 1. The van der Waals surface area contributed by atoms with Gasteiger partial charge in [0.1, 0.15) is 0 Å². The highest BCUT2D eigenvalue weighted by molar-refractivity contribution is 9.10. The molecule has 1 aromatic heterocycles. The molecule has 0 saturated carbocycles. The minimum atomic E-state index is -0.0570. The molecule has 0 bridgehead atoms. The van der Waals surface area contributed by atoms with E-state index in [0.717, 1.165) is 10.0 Å². The molecule has 0 aliphatic rings. The second-order valence-electron chi connectivity index (χ2n) is 3.78. The standard InChI is InChI=1S/C13H12BrN3O/c14-11-6-3-10(4-7-11)5-8-13(18)16-12-2-1-9-15-17-12/h1-4,6-7,9H,5,8H2,(H,16,17,18). The average molecular weight is 306 g/mol. The van der Waals surface area contributed by atoms with Gasteiger partial charge in [-0.3, -0.25) is 4.79 Å². The molecule has 1 aromatic carbocycles. The van der Waals surface area contributed by atoms with E-state index in [9.17, 15) is 4.79 Å². The van der Waals surface area contributed by atoms with Crippen molar-refractivity contribution in [2.24, 2.45) is 0 Å². The molecule has 1 heterocycles. The van der Waals surface area contributed by atoms with Crippen LogP contribution in [0.3, 0.4) is 0 Å². The van der Waals surface area contributed by atoms with Crippen molar-refractivity contribution in [2.45, 2.75) is 12.8 Å². The first kappa shape index (κ1) is 12.7. The minimum Gasteiger partial charge on any atom is -0.309 e. The van der Waals surface area contributed by atoms with Crippen LogP contribution >= 0.6 is 15.9 Å². The summed E-state index contributed by atoms with van der Waals surface area (Å²) in [6.45, 7) is 0. The second-order valence-corrected chi connectivity index (χ2v) is 4.70. The molecule has 18 heavy (non-hydrogen) atoms. The Bertz CT molecular complexity index is 514. The van der Waals surface area contributed by atoms with Crippen LogP contribution in [0.25, 0.3) is 0 Å². The normalized spacial score (nSPS) is 10.1. The van der Waals surface area contributed by atoms with Crippen LogP contribution < -0.4 is 5.32 Å². The number of hydrogen-bond donors (Lipinski definition) is 1. The number of aryl methyl sites for hydroxylation is 1. The lowest BCUT2D eigenvalue weighted by Gasteiger charge is -2.03. The third-order valence-corrected chi connectivity index (χ3v) is 2.92. The molecular weight excluding hydrogens is 294 g/mol. The summed E-state index contributed by atoms with van der Waals surface area (Å²) in [4.78, 5) is 11.7. The predicted octanol–water partition coefficient (Wildman–Crippen LogP) is 2.81. The van der Waals surface area contributed by atoms with E-state index in [1.165, 1.54) is 0 Å². The molecule has 0 radical (unpaired) electrons. The number of benzene rings is 1. The Morgan fingerprint density at radius 1 is 1.22 bits per heavy atom. The highest BCUT2D eigenvalue weighted by Crippen LogP contribution is 2.12. The molecule has 0 aliphatic heterocycles. The quantitative estimate of drug-likeness (QED) is 0.945. The zero-order valence-electron chi connectivity index (χ0n) is 9.64. The van der Waals surface area contributed by atoms with Crippen LogP contribution in [0.15, 0.2) is 47.1 Å². The Morgan fingerprint density at radius 2 is 2.00 bits per heavy atom. The van der Waals surface area contributed by atoms with Gasteiger partial charge in [0, 0.05) is 17.1 Å². The van der Waals surface area contributed by atoms with Gasteiger partial charge in [-0.15, -0.1) is 5.10 Å². The predicted molar refractivity (Wildman–Crippen MR) is 73.1 cm³/mol. The van der Waals surface area contributed by atoms with Gasteiger partial charge in [-0.05, 0) is 36.2 Å². The van der Waals surface area contributed by atoms with E-state index in [1.54, 1.807) is 18.3 Å². The van der Waals surface area contributed by atoms with Crippen molar-refractivity contribution in [1.82, 2.24) is 10.2 Å². The topological polar surface area (TPSA) is 54.9 Å². The maximum Gasteiger partial charge on any atom is 0.225 e. The first-order valence-electron chi connectivity index (χ1n) is 5.56. The molecule has 0 fully saturated rings. The molecule has 4 nitrogen and oxygen atoms in total. The monoisotopic (exact) mass is 305 g/mol. The average Bonchev–Trinajstić information content (AvgIpc) is 2.39. The smallest absolute Gasteiger partial charge is 0.225 e. The fraction of sp³-hybridized carbons (Fsp3) is 0.154. The number of anilines is 1. The summed E-state index contributed by atoms with van der Waals surface area (Å²) in [5.74, 6) is 0.428. The fourth-order valence-corrected chi connectivity index (χ4v) is 1.75. The van der Waals surface area contributed by atoms with Crippen molar-refractivity contribution in [3.63, 3.8) is 0 Å². The van der Waals surface area contributed by atoms with Crippen LogP contribution in [0.1, 0.15) is 12.0 Å². The molecule has 0 spiro atoms. The van der Waals surface area contributed by atoms with E-state index in [2.05, 4.69) is 31.4 Å². The van der Waals surface area contributed by atoms with Gasteiger partial charge in [-0.2, -0.15) is 5.10 Å². The van der Waals surface area contributed by atoms with Gasteiger partial charge in [0.05, 0.1) is 0 Å². The summed E-state index contributed by atoms with van der Waals surface area (Å²) in [6.07, 6.45) is 2.70. The number of hydrogen-bond acceptors (Lipinski definition) is 3. The third-order valence-electron chi connectivity index (χ3n) is 2.39. The second kappa shape index (κ2) is 6.26. The van der Waals surface area contributed by atoms with Gasteiger partial charge in [0.15, 0.2) is 5.82 Å². The van der Waals surface area contributed by atoms with Crippen LogP contribution in [0.2, 0.25) is 0 Å². The Hall–Kier alpha value is -1.75. The van der Waals surface area contributed by atoms with Crippen molar-refractivity contribution >= 4 is 27.7 Å². The summed E-state index contributed by atoms with van der Waals surface area (Å²) in [6, 6.07) is 11.4. The first-order valence-corrected chi connectivity index (χ1v) is 6.35. The van der Waals surface area contributed by atoms with Crippen molar-refractivity contribution in [3.05, 3.63) is 52.6 Å². The zero-order valence-corrected chi connectivity index (χ0v) is 11.2. The third kappa shape index (κ3) is 3.92. The fourth-order valence-electron chi connectivity index (χ4n) is 1.48. The van der Waals surface area contributed by atoms with Crippen LogP contribution in [0, 0.1) is 0 Å². The molecule has 2 rings (SSSR count). The molecule has 0 unspecified atom stereocenters. The number of nitrogens with zero attached hydrogens (tertiary/aromatic N) is 2. The summed E-state index contributed by atoms with van der Waals surface area (Å²) in [5, 5.41) is 10.2. The van der Waals surface area contributed by atoms with E-state index >= 15 is 0 Å². The molecule has 1 N–H and O–H groups in total. The van der Waals surface area contributed by atoms with Crippen molar-refractivity contribution in [3.8, 4) is 0 Å². The van der Waals surface area contributed by atoms with Gasteiger partial charge >= 0.3 is 0 Å². The van der Waals surface area contributed by atoms with Crippen LogP contribution in [0.4, 0.5) is 5.82 Å². The number of amides is 1. The number of aromatic nitrogens is 2. The van der Waals surface area contributed by atoms with Gasteiger partial charge in [0.2, 0.25) is 5.91 Å². The molecule has 5 heteroatoms. The maximum atomic E-state index is 11.7. The van der Waals surface area contributed by atoms with Gasteiger partial charge in [0.25, 0.3) is 0 Å². The minimum absolute atomic E-state index is 0.0570. The van der Waals surface area contributed by atoms with E-state index in [-0.39, 0.29) is 5.91 Å². The molecule has 0 aliphatic carbocycles. The van der Waals surface area contributed by atoms with E-state index in [0.29, 0.717) is 18.7 Å². The molecule has 1 amide bonds. The van der Waals surface area contributed by atoms with Crippen LogP contribution in [0.5, 0.6) is 0 Å². The summed E-state index contributed by atoms with van der Waals surface area (Å²) >= 11 is 3.38.